The number of carbonyl (C=O) groups excluding carboxylic acids is 4. The zero-order chi connectivity index (χ0) is 23.7. The van der Waals surface area contributed by atoms with Crippen LogP contribution in [0.4, 0.5) is 0 Å². The maximum Gasteiger partial charge on any atom is 0.194 e. The quantitative estimate of drug-likeness (QED) is 0.336. The van der Waals surface area contributed by atoms with Crippen LogP contribution in [0.25, 0.3) is 11.1 Å². The molecule has 4 heteroatoms. The van der Waals surface area contributed by atoms with Crippen LogP contribution in [-0.4, -0.2) is 23.1 Å². The minimum absolute atomic E-state index is 0.168. The Hall–Kier alpha value is -4.44. The van der Waals surface area contributed by atoms with Crippen molar-refractivity contribution in [1.29, 1.82) is 0 Å². The molecule has 2 aliphatic rings. The summed E-state index contributed by atoms with van der Waals surface area (Å²) in [6, 6.07) is 20.8. The second-order valence-electron chi connectivity index (χ2n) is 8.83. The van der Waals surface area contributed by atoms with Gasteiger partial charge in [0, 0.05) is 44.5 Å². The second-order valence-corrected chi connectivity index (χ2v) is 8.83. The summed E-state index contributed by atoms with van der Waals surface area (Å²) in [5.74, 6) is -0.710. The van der Waals surface area contributed by atoms with Crippen LogP contribution < -0.4 is 0 Å². The zero-order valence-corrected chi connectivity index (χ0v) is 18.6. The average molecular weight is 442 g/mol. The van der Waals surface area contributed by atoms with Crippen LogP contribution >= 0.6 is 0 Å². The summed E-state index contributed by atoms with van der Waals surface area (Å²) in [5, 5.41) is 0. The van der Waals surface area contributed by atoms with Gasteiger partial charge in [-0.05, 0) is 54.8 Å². The Balaban J connectivity index is 1.51. The normalized spacial score (nSPS) is 13.8. The molecule has 4 aromatic carbocycles. The van der Waals surface area contributed by atoms with Crippen LogP contribution in [0.1, 0.15) is 74.8 Å². The molecule has 0 N–H and O–H groups in total. The predicted molar refractivity (Wildman–Crippen MR) is 128 cm³/mol. The van der Waals surface area contributed by atoms with Crippen molar-refractivity contribution in [2.45, 2.75) is 13.8 Å². The van der Waals surface area contributed by atoms with Crippen molar-refractivity contribution < 1.29 is 19.2 Å². The summed E-state index contributed by atoms with van der Waals surface area (Å²) in [7, 11) is 0. The molecule has 0 bridgehead atoms. The van der Waals surface area contributed by atoms with Crippen LogP contribution in [0.2, 0.25) is 0 Å². The smallest absolute Gasteiger partial charge is 0.194 e. The van der Waals surface area contributed by atoms with Gasteiger partial charge in [-0.25, -0.2) is 0 Å². The lowest BCUT2D eigenvalue weighted by molar-refractivity contribution is 0.0978. The summed E-state index contributed by atoms with van der Waals surface area (Å²) in [6.45, 7) is 3.70. The van der Waals surface area contributed by atoms with E-state index >= 15 is 0 Å². The van der Waals surface area contributed by atoms with Gasteiger partial charge in [0.1, 0.15) is 0 Å². The van der Waals surface area contributed by atoms with Gasteiger partial charge in [0.15, 0.2) is 23.1 Å². The third-order valence-electron chi connectivity index (χ3n) is 6.84. The number of rotatable bonds is 1. The Morgan fingerprint density at radius 2 is 0.941 bits per heavy atom. The second kappa shape index (κ2) is 7.03. The van der Waals surface area contributed by atoms with Crippen molar-refractivity contribution >= 4 is 23.1 Å². The SMILES string of the molecule is Cc1ccc2c(c1)C(=O)c1cc(-c3ccc4c(c3C)C(=O)c3ccccc3C4=O)ccc1C2=O. The molecule has 4 aromatic rings. The van der Waals surface area contributed by atoms with E-state index in [9.17, 15) is 19.2 Å². The summed E-state index contributed by atoms with van der Waals surface area (Å²) in [4.78, 5) is 52.7. The largest absolute Gasteiger partial charge is 0.289 e. The molecule has 0 aromatic heterocycles. The average Bonchev–Trinajstić information content (AvgIpc) is 2.85. The van der Waals surface area contributed by atoms with Crippen molar-refractivity contribution in [3.05, 3.63) is 128 Å². The van der Waals surface area contributed by atoms with E-state index < -0.39 is 0 Å². The molecule has 0 aliphatic heterocycles. The van der Waals surface area contributed by atoms with Crippen molar-refractivity contribution in [3.63, 3.8) is 0 Å². The van der Waals surface area contributed by atoms with Gasteiger partial charge in [-0.1, -0.05) is 54.1 Å². The van der Waals surface area contributed by atoms with Crippen LogP contribution in [0, 0.1) is 13.8 Å². The molecule has 0 radical (unpaired) electrons. The van der Waals surface area contributed by atoms with E-state index in [1.165, 1.54) is 0 Å². The molecule has 0 saturated carbocycles. The van der Waals surface area contributed by atoms with Gasteiger partial charge in [-0.3, -0.25) is 19.2 Å². The first-order chi connectivity index (χ1) is 16.4. The molecule has 0 atom stereocenters. The topological polar surface area (TPSA) is 68.3 Å². The Morgan fingerprint density at radius 1 is 0.441 bits per heavy atom. The third-order valence-corrected chi connectivity index (χ3v) is 6.84. The number of ketones is 4. The number of aryl methyl sites for hydroxylation is 1. The number of carbonyl (C=O) groups is 4. The lowest BCUT2D eigenvalue weighted by Gasteiger charge is -2.22. The van der Waals surface area contributed by atoms with Crippen LogP contribution in [0.5, 0.6) is 0 Å². The van der Waals surface area contributed by atoms with E-state index in [1.54, 1.807) is 60.7 Å². The van der Waals surface area contributed by atoms with E-state index in [0.29, 0.717) is 50.1 Å². The number of fused-ring (bicyclic) bond motifs is 4. The van der Waals surface area contributed by atoms with Gasteiger partial charge in [0.25, 0.3) is 0 Å². The molecule has 0 unspecified atom stereocenters. The predicted octanol–water partition coefficient (Wildman–Crippen LogP) is 5.52. The molecule has 4 nitrogen and oxygen atoms in total. The van der Waals surface area contributed by atoms with Gasteiger partial charge in [-0.2, -0.15) is 0 Å². The van der Waals surface area contributed by atoms with Crippen LogP contribution in [0.15, 0.2) is 72.8 Å². The fourth-order valence-electron chi connectivity index (χ4n) is 5.10. The minimum Gasteiger partial charge on any atom is -0.289 e. The maximum atomic E-state index is 13.3. The van der Waals surface area contributed by atoms with Crippen LogP contribution in [0.3, 0.4) is 0 Å². The van der Waals surface area contributed by atoms with E-state index in [0.717, 1.165) is 16.7 Å². The molecule has 0 amide bonds. The summed E-state index contributed by atoms with van der Waals surface area (Å²) in [6.07, 6.45) is 0. The van der Waals surface area contributed by atoms with Crippen molar-refractivity contribution in [3.8, 4) is 11.1 Å². The Morgan fingerprint density at radius 3 is 1.68 bits per heavy atom. The highest BCUT2D eigenvalue weighted by Gasteiger charge is 2.33. The van der Waals surface area contributed by atoms with Gasteiger partial charge in [0.2, 0.25) is 0 Å². The van der Waals surface area contributed by atoms with Gasteiger partial charge in [0.05, 0.1) is 0 Å². The van der Waals surface area contributed by atoms with Gasteiger partial charge < -0.3 is 0 Å². The first kappa shape index (κ1) is 20.2. The fraction of sp³-hybridized carbons (Fsp3) is 0.0667. The minimum atomic E-state index is -0.189. The number of hydrogen-bond donors (Lipinski definition) is 0. The lowest BCUT2D eigenvalue weighted by atomic mass is 9.79. The zero-order valence-electron chi connectivity index (χ0n) is 18.6. The molecule has 0 fully saturated rings. The maximum absolute atomic E-state index is 13.3. The van der Waals surface area contributed by atoms with Crippen LogP contribution in [-0.2, 0) is 0 Å². The molecule has 34 heavy (non-hydrogen) atoms. The number of hydrogen-bond acceptors (Lipinski definition) is 4. The Bertz CT molecular complexity index is 1640. The molecular weight excluding hydrogens is 424 g/mol. The molecular formula is C30H18O4. The molecule has 0 heterocycles. The summed E-state index contributed by atoms with van der Waals surface area (Å²) in [5.41, 5.74) is 6.21. The summed E-state index contributed by atoms with van der Waals surface area (Å²) < 4.78 is 0. The molecule has 6 rings (SSSR count). The highest BCUT2D eigenvalue weighted by atomic mass is 16.1. The lowest BCUT2D eigenvalue weighted by Crippen LogP contribution is -2.22. The standard InChI is InChI=1S/C30H18O4/c1-15-7-9-21-24(13-15)29(33)25-14-17(8-10-22(25)27(21)31)18-11-12-23-26(16(18)2)30(34)20-6-4-3-5-19(20)28(23)32/h3-14H,1-2H3. The summed E-state index contributed by atoms with van der Waals surface area (Å²) >= 11 is 0. The molecule has 2 aliphatic carbocycles. The number of benzene rings is 4. The van der Waals surface area contributed by atoms with E-state index in [2.05, 4.69) is 0 Å². The van der Waals surface area contributed by atoms with Gasteiger partial charge in [-0.15, -0.1) is 0 Å². The van der Waals surface area contributed by atoms with Crippen molar-refractivity contribution in [2.75, 3.05) is 0 Å². The first-order valence-corrected chi connectivity index (χ1v) is 11.0. The Kier molecular flexibility index (Phi) is 4.17. The Labute approximate surface area is 195 Å². The molecule has 0 spiro atoms. The third kappa shape index (κ3) is 2.66. The first-order valence-electron chi connectivity index (χ1n) is 11.0. The van der Waals surface area contributed by atoms with E-state index in [-0.39, 0.29) is 23.1 Å². The van der Waals surface area contributed by atoms with Crippen molar-refractivity contribution in [2.24, 2.45) is 0 Å². The van der Waals surface area contributed by atoms with Crippen molar-refractivity contribution in [1.82, 2.24) is 0 Å². The fourth-order valence-corrected chi connectivity index (χ4v) is 5.10. The van der Waals surface area contributed by atoms with E-state index in [1.807, 2.05) is 26.0 Å². The molecule has 162 valence electrons. The van der Waals surface area contributed by atoms with E-state index in [4.69, 9.17) is 0 Å². The highest BCUT2D eigenvalue weighted by Crippen LogP contribution is 2.37. The molecule has 0 saturated heterocycles. The highest BCUT2D eigenvalue weighted by molar-refractivity contribution is 6.30. The monoisotopic (exact) mass is 442 g/mol. The van der Waals surface area contributed by atoms with Gasteiger partial charge >= 0.3 is 0 Å².